The number of H-pyrrole nitrogens is 1. The second-order valence-corrected chi connectivity index (χ2v) is 4.32. The summed E-state index contributed by atoms with van der Waals surface area (Å²) < 4.78 is 0. The van der Waals surface area contributed by atoms with Crippen LogP contribution in [0.25, 0.3) is 28.2 Å². The van der Waals surface area contributed by atoms with E-state index < -0.39 is 0 Å². The van der Waals surface area contributed by atoms with Gasteiger partial charge in [0, 0.05) is 27.8 Å². The summed E-state index contributed by atoms with van der Waals surface area (Å²) in [6.07, 6.45) is 1.77. The van der Waals surface area contributed by atoms with E-state index in [1.807, 2.05) is 24.3 Å². The zero-order chi connectivity index (χ0) is 12.5. The third kappa shape index (κ3) is 1.68. The van der Waals surface area contributed by atoms with E-state index in [1.165, 1.54) is 5.39 Å². The summed E-state index contributed by atoms with van der Waals surface area (Å²) in [5.74, 6) is 0. The van der Waals surface area contributed by atoms with E-state index >= 15 is 0 Å². The van der Waals surface area contributed by atoms with Gasteiger partial charge in [-0.1, -0.05) is 43.0 Å². The molecule has 0 radical (unpaired) electrons. The van der Waals surface area contributed by atoms with Crippen molar-refractivity contribution in [2.75, 3.05) is 5.73 Å². The molecule has 0 spiro atoms. The molecule has 2 nitrogen and oxygen atoms in total. The van der Waals surface area contributed by atoms with Crippen LogP contribution in [0, 0.1) is 0 Å². The molecule has 0 aliphatic rings. The quantitative estimate of drug-likeness (QED) is 0.645. The van der Waals surface area contributed by atoms with Crippen molar-refractivity contribution in [2.45, 2.75) is 0 Å². The highest BCUT2D eigenvalue weighted by Crippen LogP contribution is 2.27. The normalized spacial score (nSPS) is 10.7. The molecule has 0 saturated carbocycles. The Hall–Kier alpha value is -2.48. The molecule has 3 N–H and O–H groups in total. The van der Waals surface area contributed by atoms with Crippen LogP contribution in [-0.2, 0) is 0 Å². The second kappa shape index (κ2) is 4.08. The van der Waals surface area contributed by atoms with Crippen LogP contribution in [-0.4, -0.2) is 4.98 Å². The number of nitrogens with one attached hydrogen (secondary N) is 1. The minimum Gasteiger partial charge on any atom is -0.398 e. The molecule has 3 aromatic rings. The first-order valence-electron chi connectivity index (χ1n) is 5.88. The standard InChI is InChI=1S/C16H14N2/c1-2-11-7-8-13(9-14(11)17)16-10-12-5-3-4-6-15(12)18-16/h2-10,18H,1,17H2. The third-order valence-electron chi connectivity index (χ3n) is 3.15. The summed E-state index contributed by atoms with van der Waals surface area (Å²) in [7, 11) is 0. The smallest absolute Gasteiger partial charge is 0.0465 e. The summed E-state index contributed by atoms with van der Waals surface area (Å²) in [4.78, 5) is 3.40. The maximum absolute atomic E-state index is 5.98. The van der Waals surface area contributed by atoms with Crippen LogP contribution >= 0.6 is 0 Å². The summed E-state index contributed by atoms with van der Waals surface area (Å²) in [6.45, 7) is 3.74. The van der Waals surface area contributed by atoms with Crippen molar-refractivity contribution in [1.82, 2.24) is 4.98 Å². The average molecular weight is 234 g/mol. The summed E-state index contributed by atoms with van der Waals surface area (Å²) in [5, 5.41) is 1.21. The van der Waals surface area contributed by atoms with Gasteiger partial charge in [0.1, 0.15) is 0 Å². The molecule has 0 bridgehead atoms. The van der Waals surface area contributed by atoms with Gasteiger partial charge >= 0.3 is 0 Å². The molecule has 88 valence electrons. The predicted octanol–water partition coefficient (Wildman–Crippen LogP) is 4.06. The molecule has 0 atom stereocenters. The molecule has 2 heteroatoms. The van der Waals surface area contributed by atoms with Crippen molar-refractivity contribution in [3.05, 3.63) is 60.7 Å². The Morgan fingerprint density at radius 1 is 1.06 bits per heavy atom. The Morgan fingerprint density at radius 3 is 2.61 bits per heavy atom. The fourth-order valence-electron chi connectivity index (χ4n) is 2.16. The molecule has 0 aliphatic carbocycles. The predicted molar refractivity (Wildman–Crippen MR) is 78.2 cm³/mol. The first kappa shape index (κ1) is 10.7. The SMILES string of the molecule is C=Cc1ccc(-c2cc3ccccc3[nH]2)cc1N. The molecule has 1 heterocycles. The molecule has 1 aromatic heterocycles. The Morgan fingerprint density at radius 2 is 1.89 bits per heavy atom. The summed E-state index contributed by atoms with van der Waals surface area (Å²) >= 11 is 0. The number of anilines is 1. The zero-order valence-electron chi connectivity index (χ0n) is 9.98. The van der Waals surface area contributed by atoms with Gasteiger partial charge in [0.25, 0.3) is 0 Å². The van der Waals surface area contributed by atoms with E-state index in [0.717, 1.165) is 28.0 Å². The number of fused-ring (bicyclic) bond motifs is 1. The van der Waals surface area contributed by atoms with Crippen LogP contribution < -0.4 is 5.73 Å². The monoisotopic (exact) mass is 234 g/mol. The lowest BCUT2D eigenvalue weighted by molar-refractivity contribution is 1.45. The van der Waals surface area contributed by atoms with Crippen LogP contribution in [0.4, 0.5) is 5.69 Å². The zero-order valence-corrected chi connectivity index (χ0v) is 9.98. The summed E-state index contributed by atoms with van der Waals surface area (Å²) in [6, 6.07) is 16.4. The Kier molecular flexibility index (Phi) is 2.41. The average Bonchev–Trinajstić information content (AvgIpc) is 2.82. The van der Waals surface area contributed by atoms with Gasteiger partial charge in [-0.05, 0) is 23.8 Å². The number of nitrogens with two attached hydrogens (primary N) is 1. The molecule has 0 aliphatic heterocycles. The highest BCUT2D eigenvalue weighted by Gasteiger charge is 2.04. The minimum atomic E-state index is 0.751. The van der Waals surface area contributed by atoms with Gasteiger partial charge in [0.2, 0.25) is 0 Å². The largest absolute Gasteiger partial charge is 0.398 e. The fourth-order valence-corrected chi connectivity index (χ4v) is 2.16. The van der Waals surface area contributed by atoms with Crippen molar-refractivity contribution in [3.8, 4) is 11.3 Å². The van der Waals surface area contributed by atoms with E-state index in [-0.39, 0.29) is 0 Å². The lowest BCUT2D eigenvalue weighted by Crippen LogP contribution is -1.89. The van der Waals surface area contributed by atoms with Gasteiger partial charge in [-0.3, -0.25) is 0 Å². The maximum atomic E-state index is 5.98. The molecule has 0 fully saturated rings. The van der Waals surface area contributed by atoms with Crippen LogP contribution in [0.2, 0.25) is 0 Å². The number of rotatable bonds is 2. The first-order chi connectivity index (χ1) is 8.78. The molecule has 0 unspecified atom stereocenters. The van der Waals surface area contributed by atoms with Crippen LogP contribution in [0.1, 0.15) is 5.56 Å². The van der Waals surface area contributed by atoms with Crippen molar-refractivity contribution in [1.29, 1.82) is 0 Å². The minimum absolute atomic E-state index is 0.751. The number of benzene rings is 2. The van der Waals surface area contributed by atoms with Crippen molar-refractivity contribution in [2.24, 2.45) is 0 Å². The summed E-state index contributed by atoms with van der Waals surface area (Å²) in [5.41, 5.74) is 11.0. The van der Waals surface area contributed by atoms with Gasteiger partial charge < -0.3 is 10.7 Å². The number of nitrogen functional groups attached to an aromatic ring is 1. The Balaban J connectivity index is 2.14. The van der Waals surface area contributed by atoms with E-state index in [1.54, 1.807) is 6.08 Å². The van der Waals surface area contributed by atoms with Gasteiger partial charge in [-0.2, -0.15) is 0 Å². The van der Waals surface area contributed by atoms with Gasteiger partial charge in [0.15, 0.2) is 0 Å². The van der Waals surface area contributed by atoms with E-state index in [9.17, 15) is 0 Å². The third-order valence-corrected chi connectivity index (χ3v) is 3.15. The lowest BCUT2D eigenvalue weighted by atomic mass is 10.1. The molecule has 3 rings (SSSR count). The lowest BCUT2D eigenvalue weighted by Gasteiger charge is -2.03. The van der Waals surface area contributed by atoms with Crippen LogP contribution in [0.3, 0.4) is 0 Å². The molecule has 0 saturated heterocycles. The first-order valence-corrected chi connectivity index (χ1v) is 5.88. The molecule has 2 aromatic carbocycles. The van der Waals surface area contributed by atoms with Crippen molar-refractivity contribution >= 4 is 22.7 Å². The Bertz CT molecular complexity index is 690. The van der Waals surface area contributed by atoms with E-state index in [2.05, 4.69) is 35.8 Å². The van der Waals surface area contributed by atoms with E-state index in [0.29, 0.717) is 0 Å². The van der Waals surface area contributed by atoms with Gasteiger partial charge in [0.05, 0.1) is 0 Å². The molecule has 0 amide bonds. The number of hydrogen-bond donors (Lipinski definition) is 2. The fraction of sp³-hybridized carbons (Fsp3) is 0. The highest BCUT2D eigenvalue weighted by atomic mass is 14.7. The van der Waals surface area contributed by atoms with Gasteiger partial charge in [-0.25, -0.2) is 0 Å². The molecular weight excluding hydrogens is 220 g/mol. The molecular formula is C16H14N2. The number of hydrogen-bond acceptors (Lipinski definition) is 1. The second-order valence-electron chi connectivity index (χ2n) is 4.32. The molecule has 18 heavy (non-hydrogen) atoms. The van der Waals surface area contributed by atoms with Crippen molar-refractivity contribution < 1.29 is 0 Å². The number of aromatic nitrogens is 1. The Labute approximate surface area is 106 Å². The number of aromatic amines is 1. The highest BCUT2D eigenvalue weighted by molar-refractivity contribution is 5.86. The van der Waals surface area contributed by atoms with Crippen molar-refractivity contribution in [3.63, 3.8) is 0 Å². The van der Waals surface area contributed by atoms with Crippen LogP contribution in [0.15, 0.2) is 55.1 Å². The van der Waals surface area contributed by atoms with E-state index in [4.69, 9.17) is 5.73 Å². The topological polar surface area (TPSA) is 41.8 Å². The van der Waals surface area contributed by atoms with Gasteiger partial charge in [-0.15, -0.1) is 0 Å². The maximum Gasteiger partial charge on any atom is 0.0465 e. The van der Waals surface area contributed by atoms with Crippen LogP contribution in [0.5, 0.6) is 0 Å². The number of para-hydroxylation sites is 1.